The van der Waals surface area contributed by atoms with Crippen LogP contribution in [0, 0.1) is 3.57 Å². The molecule has 0 heterocycles. The van der Waals surface area contributed by atoms with Gasteiger partial charge < -0.3 is 0 Å². The van der Waals surface area contributed by atoms with E-state index >= 15 is 0 Å². The minimum atomic E-state index is 0.282. The van der Waals surface area contributed by atoms with Crippen molar-refractivity contribution in [1.29, 1.82) is 0 Å². The molecular weight excluding hydrogens is 411 g/mol. The highest BCUT2D eigenvalue weighted by Gasteiger charge is 2.09. The number of hydrogen-bond donors (Lipinski definition) is 0. The molecule has 1 atom stereocenters. The van der Waals surface area contributed by atoms with Crippen LogP contribution in [0.4, 0.5) is 0 Å². The summed E-state index contributed by atoms with van der Waals surface area (Å²) in [6.45, 7) is 2.24. The van der Waals surface area contributed by atoms with Gasteiger partial charge in [0.25, 0.3) is 0 Å². The van der Waals surface area contributed by atoms with Gasteiger partial charge in [0.05, 0.1) is 4.83 Å². The molecule has 1 unspecified atom stereocenters. The zero-order valence-electron chi connectivity index (χ0n) is 11.1. The summed E-state index contributed by atoms with van der Waals surface area (Å²) in [5.41, 5.74) is 4.07. The lowest BCUT2D eigenvalue weighted by molar-refractivity contribution is 0.795. The van der Waals surface area contributed by atoms with Gasteiger partial charge in [-0.3, -0.25) is 0 Å². The minimum absolute atomic E-state index is 0.282. The number of unbranched alkanes of at least 4 members (excludes halogenated alkanes) is 1. The van der Waals surface area contributed by atoms with Gasteiger partial charge in [-0.1, -0.05) is 65.7 Å². The van der Waals surface area contributed by atoms with E-state index < -0.39 is 0 Å². The Labute approximate surface area is 137 Å². The van der Waals surface area contributed by atoms with Gasteiger partial charge in [-0.25, -0.2) is 0 Å². The molecule has 0 N–H and O–H groups in total. The highest BCUT2D eigenvalue weighted by molar-refractivity contribution is 14.1. The SMILES string of the molecule is CCCCc1ccc(C(Br)c2ccc(I)cc2)cc1. The van der Waals surface area contributed by atoms with Crippen LogP contribution in [0.1, 0.15) is 41.3 Å². The Morgan fingerprint density at radius 2 is 1.47 bits per heavy atom. The van der Waals surface area contributed by atoms with Gasteiger partial charge >= 0.3 is 0 Å². The standard InChI is InChI=1S/C17H18BrI/c1-2-3-4-13-5-7-14(8-6-13)17(18)15-9-11-16(19)12-10-15/h5-12,17H,2-4H2,1H3. The fraction of sp³-hybridized carbons (Fsp3) is 0.294. The predicted octanol–water partition coefficient (Wildman–Crippen LogP) is 6.12. The number of hydrogen-bond acceptors (Lipinski definition) is 0. The molecule has 0 amide bonds. The third-order valence-electron chi connectivity index (χ3n) is 3.25. The Morgan fingerprint density at radius 3 is 2.00 bits per heavy atom. The monoisotopic (exact) mass is 428 g/mol. The number of benzene rings is 2. The topological polar surface area (TPSA) is 0 Å². The quantitative estimate of drug-likeness (QED) is 0.397. The second-order valence-electron chi connectivity index (χ2n) is 4.76. The van der Waals surface area contributed by atoms with E-state index in [1.807, 2.05) is 0 Å². The molecule has 0 bridgehead atoms. The Balaban J connectivity index is 2.10. The van der Waals surface area contributed by atoms with Crippen LogP contribution in [0.2, 0.25) is 0 Å². The zero-order valence-corrected chi connectivity index (χ0v) is 14.8. The maximum atomic E-state index is 3.79. The Hall–Kier alpha value is -0.350. The van der Waals surface area contributed by atoms with Gasteiger partial charge in [-0.2, -0.15) is 0 Å². The highest BCUT2D eigenvalue weighted by Crippen LogP contribution is 2.31. The smallest absolute Gasteiger partial charge is 0.0644 e. The number of halogens is 2. The Kier molecular flexibility index (Phi) is 5.89. The molecule has 2 heteroatoms. The van der Waals surface area contributed by atoms with Crippen LogP contribution in [-0.4, -0.2) is 0 Å². The summed E-state index contributed by atoms with van der Waals surface area (Å²) >= 11 is 6.13. The van der Waals surface area contributed by atoms with Crippen LogP contribution in [0.25, 0.3) is 0 Å². The molecule has 0 fully saturated rings. The van der Waals surface area contributed by atoms with Crippen molar-refractivity contribution in [3.63, 3.8) is 0 Å². The van der Waals surface area contributed by atoms with Gasteiger partial charge in [0.15, 0.2) is 0 Å². The summed E-state index contributed by atoms with van der Waals surface area (Å²) in [5, 5.41) is 0. The van der Waals surface area contributed by atoms with Crippen LogP contribution in [0.3, 0.4) is 0 Å². The Morgan fingerprint density at radius 1 is 0.947 bits per heavy atom. The van der Waals surface area contributed by atoms with E-state index in [0.717, 1.165) is 0 Å². The van der Waals surface area contributed by atoms with Crippen molar-refractivity contribution >= 4 is 38.5 Å². The number of alkyl halides is 1. The molecule has 0 saturated carbocycles. The van der Waals surface area contributed by atoms with Gasteiger partial charge in [0.1, 0.15) is 0 Å². The molecule has 0 radical (unpaired) electrons. The lowest BCUT2D eigenvalue weighted by Gasteiger charge is -2.11. The second kappa shape index (κ2) is 7.44. The number of rotatable bonds is 5. The molecule has 2 aromatic carbocycles. The first-order valence-corrected chi connectivity index (χ1v) is 8.68. The molecule has 2 aromatic rings. The maximum absolute atomic E-state index is 3.79. The van der Waals surface area contributed by atoms with Gasteiger partial charge in [-0.05, 0) is 64.3 Å². The molecule has 0 aromatic heterocycles. The van der Waals surface area contributed by atoms with Crippen molar-refractivity contribution < 1.29 is 0 Å². The lowest BCUT2D eigenvalue weighted by atomic mass is 10.0. The molecule has 100 valence electrons. The van der Waals surface area contributed by atoms with E-state index in [1.165, 1.54) is 39.5 Å². The Bertz CT molecular complexity index is 502. The molecule has 19 heavy (non-hydrogen) atoms. The third kappa shape index (κ3) is 4.32. The van der Waals surface area contributed by atoms with Crippen molar-refractivity contribution in [2.45, 2.75) is 31.0 Å². The van der Waals surface area contributed by atoms with Crippen LogP contribution in [0.5, 0.6) is 0 Å². The van der Waals surface area contributed by atoms with Gasteiger partial charge in [0.2, 0.25) is 0 Å². The fourth-order valence-corrected chi connectivity index (χ4v) is 3.03. The molecule has 0 saturated heterocycles. The van der Waals surface area contributed by atoms with Crippen molar-refractivity contribution in [3.05, 3.63) is 68.8 Å². The fourth-order valence-electron chi connectivity index (χ4n) is 2.06. The molecule has 0 spiro atoms. The van der Waals surface area contributed by atoms with Crippen LogP contribution < -0.4 is 0 Å². The second-order valence-corrected chi connectivity index (χ2v) is 6.92. The van der Waals surface area contributed by atoms with E-state index in [0.29, 0.717) is 0 Å². The molecular formula is C17H18BrI. The van der Waals surface area contributed by atoms with Gasteiger partial charge in [-0.15, -0.1) is 0 Å². The highest BCUT2D eigenvalue weighted by atomic mass is 127. The molecule has 0 aliphatic heterocycles. The molecule has 2 rings (SSSR count). The molecule has 0 aliphatic carbocycles. The molecule has 0 aliphatic rings. The van der Waals surface area contributed by atoms with E-state index in [2.05, 4.69) is 94.0 Å². The third-order valence-corrected chi connectivity index (χ3v) is 5.03. The largest absolute Gasteiger partial charge is 0.0786 e. The minimum Gasteiger partial charge on any atom is -0.0786 e. The van der Waals surface area contributed by atoms with Crippen molar-refractivity contribution in [2.75, 3.05) is 0 Å². The van der Waals surface area contributed by atoms with Crippen LogP contribution >= 0.6 is 38.5 Å². The summed E-state index contributed by atoms with van der Waals surface area (Å²) in [6, 6.07) is 17.7. The van der Waals surface area contributed by atoms with Crippen molar-refractivity contribution in [1.82, 2.24) is 0 Å². The lowest BCUT2D eigenvalue weighted by Crippen LogP contribution is -1.93. The van der Waals surface area contributed by atoms with Crippen LogP contribution in [-0.2, 0) is 6.42 Å². The summed E-state index contributed by atoms with van der Waals surface area (Å²) in [6.07, 6.45) is 3.72. The van der Waals surface area contributed by atoms with Crippen molar-refractivity contribution in [3.8, 4) is 0 Å². The first-order valence-electron chi connectivity index (χ1n) is 6.69. The summed E-state index contributed by atoms with van der Waals surface area (Å²) < 4.78 is 1.27. The first-order chi connectivity index (χ1) is 9.20. The van der Waals surface area contributed by atoms with Gasteiger partial charge in [0, 0.05) is 3.57 Å². The molecule has 0 nitrogen and oxygen atoms in total. The van der Waals surface area contributed by atoms with E-state index in [-0.39, 0.29) is 4.83 Å². The van der Waals surface area contributed by atoms with E-state index in [4.69, 9.17) is 0 Å². The normalized spacial score (nSPS) is 12.4. The maximum Gasteiger partial charge on any atom is 0.0644 e. The summed E-state index contributed by atoms with van der Waals surface area (Å²) in [7, 11) is 0. The predicted molar refractivity (Wildman–Crippen MR) is 95.0 cm³/mol. The van der Waals surface area contributed by atoms with Crippen LogP contribution in [0.15, 0.2) is 48.5 Å². The summed E-state index contributed by atoms with van der Waals surface area (Å²) in [5.74, 6) is 0. The average molecular weight is 429 g/mol. The average Bonchev–Trinajstić information content (AvgIpc) is 2.46. The van der Waals surface area contributed by atoms with E-state index in [1.54, 1.807) is 0 Å². The van der Waals surface area contributed by atoms with E-state index in [9.17, 15) is 0 Å². The first kappa shape index (κ1) is 15.0. The van der Waals surface area contributed by atoms with Crippen molar-refractivity contribution in [2.24, 2.45) is 0 Å². The zero-order chi connectivity index (χ0) is 13.7. The summed E-state index contributed by atoms with van der Waals surface area (Å²) in [4.78, 5) is 0.282. The number of aryl methyl sites for hydroxylation is 1.